The molecule has 1 unspecified atom stereocenters. The molecule has 7 nitrogen and oxygen atoms in total. The molecule has 0 spiro atoms. The minimum absolute atomic E-state index is 0.278. The number of rotatable bonds is 11. The van der Waals surface area contributed by atoms with Crippen LogP contribution in [0.15, 0.2) is 78.9 Å². The first-order valence-electron chi connectivity index (χ1n) is 13.1. The highest BCUT2D eigenvalue weighted by Crippen LogP contribution is 2.19. The zero-order valence-electron chi connectivity index (χ0n) is 22.6. The number of nitrogens with one attached hydrogen (secondary N) is 3. The number of unbranched alkanes of at least 4 members (excludes halogenated alkanes) is 1. The summed E-state index contributed by atoms with van der Waals surface area (Å²) in [5, 5.41) is 9.13. The van der Waals surface area contributed by atoms with E-state index in [9.17, 15) is 14.4 Å². The van der Waals surface area contributed by atoms with E-state index in [1.165, 1.54) is 0 Å². The summed E-state index contributed by atoms with van der Waals surface area (Å²) < 4.78 is 5.24. The Balaban J connectivity index is 1.59. The third kappa shape index (κ3) is 10.4. The molecule has 0 fully saturated rings. The van der Waals surface area contributed by atoms with Gasteiger partial charge in [-0.1, -0.05) is 66.2 Å². The van der Waals surface area contributed by atoms with Crippen molar-refractivity contribution >= 4 is 29.5 Å². The molecular formula is C31H36ClN3O4. The van der Waals surface area contributed by atoms with Crippen molar-refractivity contribution in [3.05, 3.63) is 95.0 Å². The molecule has 3 rings (SSSR count). The van der Waals surface area contributed by atoms with Gasteiger partial charge in [0.15, 0.2) is 0 Å². The van der Waals surface area contributed by atoms with Crippen LogP contribution < -0.4 is 16.0 Å². The Morgan fingerprint density at radius 1 is 0.821 bits per heavy atom. The number of halogens is 1. The SMILES string of the molecule is CC(C)(C)OC(=O)NCCCCC(NC(=O)c1ccc(-c2ccccc2)cc1)C(=O)NCc1ccc(Cl)cc1. The molecule has 0 aliphatic heterocycles. The number of benzene rings is 3. The van der Waals surface area contributed by atoms with Crippen LogP contribution in [0.5, 0.6) is 0 Å². The molecule has 0 saturated carbocycles. The average Bonchev–Trinajstić information content (AvgIpc) is 2.91. The maximum absolute atomic E-state index is 13.1. The second kappa shape index (κ2) is 14.4. The maximum atomic E-state index is 13.1. The number of hydrogen-bond donors (Lipinski definition) is 3. The van der Waals surface area contributed by atoms with Gasteiger partial charge in [0.05, 0.1) is 0 Å². The number of carbonyl (C=O) groups is 3. The van der Waals surface area contributed by atoms with Crippen LogP contribution in [0, 0.1) is 0 Å². The minimum Gasteiger partial charge on any atom is -0.444 e. The Bertz CT molecular complexity index is 1220. The Hall–Kier alpha value is -3.84. The molecule has 0 saturated heterocycles. The molecule has 3 aromatic rings. The largest absolute Gasteiger partial charge is 0.444 e. The summed E-state index contributed by atoms with van der Waals surface area (Å²) in [5.41, 5.74) is 2.86. The molecule has 0 bridgehead atoms. The third-order valence-corrected chi connectivity index (χ3v) is 6.10. The van der Waals surface area contributed by atoms with Crippen molar-refractivity contribution in [3.8, 4) is 11.1 Å². The lowest BCUT2D eigenvalue weighted by Gasteiger charge is -2.20. The van der Waals surface area contributed by atoms with Gasteiger partial charge in [-0.05, 0) is 81.0 Å². The molecule has 0 aliphatic rings. The second-order valence-electron chi connectivity index (χ2n) is 10.2. The van der Waals surface area contributed by atoms with Gasteiger partial charge >= 0.3 is 6.09 Å². The zero-order chi connectivity index (χ0) is 28.3. The van der Waals surface area contributed by atoms with Crippen LogP contribution in [-0.4, -0.2) is 36.1 Å². The highest BCUT2D eigenvalue weighted by atomic mass is 35.5. The van der Waals surface area contributed by atoms with Gasteiger partial charge in [-0.2, -0.15) is 0 Å². The maximum Gasteiger partial charge on any atom is 0.407 e. The van der Waals surface area contributed by atoms with Crippen LogP contribution in [0.3, 0.4) is 0 Å². The van der Waals surface area contributed by atoms with Crippen molar-refractivity contribution in [2.24, 2.45) is 0 Å². The summed E-state index contributed by atoms with van der Waals surface area (Å²) in [6.07, 6.45) is 1.17. The van der Waals surface area contributed by atoms with Gasteiger partial charge in [0.2, 0.25) is 5.91 Å². The van der Waals surface area contributed by atoms with Gasteiger partial charge in [-0.25, -0.2) is 4.79 Å². The molecule has 0 radical (unpaired) electrons. The molecule has 0 heterocycles. The van der Waals surface area contributed by atoms with Crippen LogP contribution in [0.25, 0.3) is 11.1 Å². The summed E-state index contributed by atoms with van der Waals surface area (Å²) >= 11 is 5.95. The number of carbonyl (C=O) groups excluding carboxylic acids is 3. The Labute approximate surface area is 235 Å². The standard InChI is InChI=1S/C31H36ClN3O4/c1-31(2,3)39-30(38)33-20-8-7-11-27(29(37)34-21-22-12-18-26(32)19-13-22)35-28(36)25-16-14-24(15-17-25)23-9-5-4-6-10-23/h4-6,9-10,12-19,27H,7-8,11,20-21H2,1-3H3,(H,33,38)(H,34,37)(H,35,36). The first kappa shape index (κ1) is 29.7. The van der Waals surface area contributed by atoms with E-state index >= 15 is 0 Å². The van der Waals surface area contributed by atoms with Crippen LogP contribution in [0.4, 0.5) is 4.79 Å². The summed E-state index contributed by atoms with van der Waals surface area (Å²) in [5.74, 6) is -0.604. The van der Waals surface area contributed by atoms with Gasteiger partial charge in [0.1, 0.15) is 11.6 Å². The topological polar surface area (TPSA) is 96.5 Å². The van der Waals surface area contributed by atoms with E-state index in [0.717, 1.165) is 16.7 Å². The number of amides is 3. The predicted molar refractivity (Wildman–Crippen MR) is 155 cm³/mol. The Morgan fingerprint density at radius 2 is 1.46 bits per heavy atom. The number of hydrogen-bond acceptors (Lipinski definition) is 4. The third-order valence-electron chi connectivity index (χ3n) is 5.84. The molecule has 3 N–H and O–H groups in total. The van der Waals surface area contributed by atoms with E-state index in [2.05, 4.69) is 16.0 Å². The van der Waals surface area contributed by atoms with Gasteiger partial charge < -0.3 is 20.7 Å². The molecule has 8 heteroatoms. The van der Waals surface area contributed by atoms with Crippen molar-refractivity contribution in [1.29, 1.82) is 0 Å². The van der Waals surface area contributed by atoms with E-state index in [1.54, 1.807) is 45.0 Å². The molecule has 206 valence electrons. The van der Waals surface area contributed by atoms with Crippen molar-refractivity contribution in [2.45, 2.75) is 58.2 Å². The normalized spacial score (nSPS) is 11.8. The van der Waals surface area contributed by atoms with E-state index in [0.29, 0.717) is 42.9 Å². The van der Waals surface area contributed by atoms with Gasteiger partial charge in [0.25, 0.3) is 5.91 Å². The van der Waals surface area contributed by atoms with Gasteiger partial charge in [-0.15, -0.1) is 0 Å². The van der Waals surface area contributed by atoms with E-state index in [1.807, 2.05) is 54.6 Å². The molecule has 3 aromatic carbocycles. The lowest BCUT2D eigenvalue weighted by atomic mass is 10.0. The van der Waals surface area contributed by atoms with Crippen LogP contribution in [-0.2, 0) is 16.1 Å². The quantitative estimate of drug-likeness (QED) is 0.251. The summed E-state index contributed by atoms with van der Waals surface area (Å²) in [7, 11) is 0. The van der Waals surface area contributed by atoms with Gasteiger partial charge in [-0.3, -0.25) is 9.59 Å². The smallest absolute Gasteiger partial charge is 0.407 e. The Morgan fingerprint density at radius 3 is 2.10 bits per heavy atom. The monoisotopic (exact) mass is 549 g/mol. The van der Waals surface area contributed by atoms with Crippen LogP contribution in [0.1, 0.15) is 56.0 Å². The van der Waals surface area contributed by atoms with Crippen LogP contribution in [0.2, 0.25) is 5.02 Å². The first-order valence-corrected chi connectivity index (χ1v) is 13.4. The molecule has 0 aromatic heterocycles. The fraction of sp³-hybridized carbons (Fsp3) is 0.323. The Kier molecular flexibility index (Phi) is 10.9. The lowest BCUT2D eigenvalue weighted by Crippen LogP contribution is -2.46. The highest BCUT2D eigenvalue weighted by molar-refractivity contribution is 6.30. The summed E-state index contributed by atoms with van der Waals surface area (Å²) in [4.78, 5) is 38.0. The summed E-state index contributed by atoms with van der Waals surface area (Å²) in [6, 6.07) is 23.7. The highest BCUT2D eigenvalue weighted by Gasteiger charge is 2.21. The predicted octanol–water partition coefficient (Wildman–Crippen LogP) is 6.12. The van der Waals surface area contributed by atoms with Crippen LogP contribution >= 0.6 is 11.6 Å². The zero-order valence-corrected chi connectivity index (χ0v) is 23.4. The fourth-order valence-corrected chi connectivity index (χ4v) is 3.97. The van der Waals surface area contributed by atoms with Gasteiger partial charge in [0, 0.05) is 23.7 Å². The second-order valence-corrected chi connectivity index (χ2v) is 10.7. The molecule has 1 atom stereocenters. The average molecular weight is 550 g/mol. The van der Waals surface area contributed by atoms with Crippen molar-refractivity contribution in [1.82, 2.24) is 16.0 Å². The van der Waals surface area contributed by atoms with Crippen molar-refractivity contribution in [2.75, 3.05) is 6.54 Å². The first-order chi connectivity index (χ1) is 18.6. The van der Waals surface area contributed by atoms with E-state index in [4.69, 9.17) is 16.3 Å². The van der Waals surface area contributed by atoms with Crippen molar-refractivity contribution < 1.29 is 19.1 Å². The minimum atomic E-state index is -0.736. The molecule has 39 heavy (non-hydrogen) atoms. The van der Waals surface area contributed by atoms with Crippen molar-refractivity contribution in [3.63, 3.8) is 0 Å². The molecular weight excluding hydrogens is 514 g/mol. The van der Waals surface area contributed by atoms with E-state index in [-0.39, 0.29) is 11.8 Å². The fourth-order valence-electron chi connectivity index (χ4n) is 3.85. The number of alkyl carbamates (subject to hydrolysis) is 1. The summed E-state index contributed by atoms with van der Waals surface area (Å²) in [6.45, 7) is 6.13. The number of ether oxygens (including phenoxy) is 1. The lowest BCUT2D eigenvalue weighted by molar-refractivity contribution is -0.123. The van der Waals surface area contributed by atoms with E-state index < -0.39 is 17.7 Å². The molecule has 3 amide bonds. The molecule has 0 aliphatic carbocycles.